The molecule has 2 aromatic rings. The van der Waals surface area contributed by atoms with Gasteiger partial charge in [0.15, 0.2) is 5.96 Å². The molecule has 0 aromatic heterocycles. The number of carbonyl (C=O) groups is 1. The van der Waals surface area contributed by atoms with Crippen LogP contribution in [0.5, 0.6) is 0 Å². The fraction of sp³-hybridized carbons (Fsp3) is 0.263. The van der Waals surface area contributed by atoms with Gasteiger partial charge in [0, 0.05) is 32.2 Å². The van der Waals surface area contributed by atoms with E-state index < -0.39 is 5.82 Å². The van der Waals surface area contributed by atoms with Gasteiger partial charge in [-0.15, -0.1) is 24.0 Å². The Bertz CT molecular complexity index is 799. The van der Waals surface area contributed by atoms with Crippen molar-refractivity contribution in [2.24, 2.45) is 4.99 Å². The van der Waals surface area contributed by atoms with Crippen molar-refractivity contribution in [3.8, 4) is 0 Å². The molecule has 1 amide bonds. The number of rotatable bonds is 6. The Labute approximate surface area is 174 Å². The summed E-state index contributed by atoms with van der Waals surface area (Å²) in [5.41, 5.74) is 1.57. The topological polar surface area (TPSA) is 65.5 Å². The van der Waals surface area contributed by atoms with Crippen molar-refractivity contribution in [1.29, 1.82) is 0 Å². The van der Waals surface area contributed by atoms with Crippen LogP contribution < -0.4 is 16.0 Å². The molecule has 2 aromatic carbocycles. The quantitative estimate of drug-likeness (QED) is 0.254. The van der Waals surface area contributed by atoms with E-state index in [4.69, 9.17) is 0 Å². The summed E-state index contributed by atoms with van der Waals surface area (Å²) in [5, 5.41) is 8.80. The molecule has 0 saturated heterocycles. The van der Waals surface area contributed by atoms with E-state index in [-0.39, 0.29) is 41.3 Å². The third-order valence-corrected chi connectivity index (χ3v) is 3.71. The molecular formula is C19H23F2IN4O. The van der Waals surface area contributed by atoms with E-state index in [9.17, 15) is 13.6 Å². The van der Waals surface area contributed by atoms with Crippen molar-refractivity contribution < 1.29 is 13.6 Å². The smallest absolute Gasteiger partial charge is 0.251 e. The summed E-state index contributed by atoms with van der Waals surface area (Å²) in [6.07, 6.45) is 0. The van der Waals surface area contributed by atoms with Crippen molar-refractivity contribution in [1.82, 2.24) is 16.0 Å². The fourth-order valence-corrected chi connectivity index (χ4v) is 2.25. The number of nitrogens with one attached hydrogen (secondary N) is 3. The van der Waals surface area contributed by atoms with Crippen LogP contribution in [0.3, 0.4) is 0 Å². The monoisotopic (exact) mass is 488 g/mol. The zero-order chi connectivity index (χ0) is 18.9. The molecule has 0 heterocycles. The maximum absolute atomic E-state index is 13.5. The number of guanidine groups is 1. The number of aliphatic imine (C=N–C) groups is 1. The number of hydrogen-bond acceptors (Lipinski definition) is 2. The summed E-state index contributed by atoms with van der Waals surface area (Å²) < 4.78 is 26.6. The molecule has 8 heteroatoms. The summed E-state index contributed by atoms with van der Waals surface area (Å²) in [4.78, 5) is 16.0. The van der Waals surface area contributed by atoms with Gasteiger partial charge in [-0.05, 0) is 42.3 Å². The minimum Gasteiger partial charge on any atom is -0.355 e. The molecule has 0 aliphatic rings. The molecule has 0 spiro atoms. The average Bonchev–Trinajstić information content (AvgIpc) is 2.63. The lowest BCUT2D eigenvalue weighted by atomic mass is 10.1. The van der Waals surface area contributed by atoms with E-state index in [1.54, 1.807) is 32.2 Å². The highest BCUT2D eigenvalue weighted by molar-refractivity contribution is 14.0. The second-order valence-corrected chi connectivity index (χ2v) is 5.70. The van der Waals surface area contributed by atoms with Crippen LogP contribution in [-0.2, 0) is 6.54 Å². The van der Waals surface area contributed by atoms with Gasteiger partial charge in [-0.3, -0.25) is 9.79 Å². The number of hydrogen-bond donors (Lipinski definition) is 3. The SMILES string of the molecule is CN=C(NCCNC(=O)c1ccc(C)c(F)c1)NCc1cccc(F)c1.I. The van der Waals surface area contributed by atoms with E-state index in [1.807, 2.05) is 6.07 Å². The Kier molecular flexibility index (Phi) is 9.70. The van der Waals surface area contributed by atoms with Crippen molar-refractivity contribution in [3.05, 3.63) is 70.8 Å². The second kappa shape index (κ2) is 11.5. The highest BCUT2D eigenvalue weighted by atomic mass is 127. The van der Waals surface area contributed by atoms with Crippen molar-refractivity contribution in [2.75, 3.05) is 20.1 Å². The van der Waals surface area contributed by atoms with Crippen molar-refractivity contribution >= 4 is 35.8 Å². The van der Waals surface area contributed by atoms with E-state index in [0.717, 1.165) is 5.56 Å². The largest absolute Gasteiger partial charge is 0.355 e. The normalized spacial score (nSPS) is 10.7. The second-order valence-electron chi connectivity index (χ2n) is 5.70. The molecule has 0 aliphatic carbocycles. The summed E-state index contributed by atoms with van der Waals surface area (Å²) in [7, 11) is 1.62. The van der Waals surface area contributed by atoms with Gasteiger partial charge in [-0.1, -0.05) is 18.2 Å². The lowest BCUT2D eigenvalue weighted by Crippen LogP contribution is -2.41. The molecule has 27 heavy (non-hydrogen) atoms. The van der Waals surface area contributed by atoms with Crippen molar-refractivity contribution in [2.45, 2.75) is 13.5 Å². The van der Waals surface area contributed by atoms with Crippen LogP contribution in [0.4, 0.5) is 8.78 Å². The highest BCUT2D eigenvalue weighted by Crippen LogP contribution is 2.08. The highest BCUT2D eigenvalue weighted by Gasteiger charge is 2.07. The molecule has 146 valence electrons. The van der Waals surface area contributed by atoms with Crippen LogP contribution in [0.15, 0.2) is 47.5 Å². The van der Waals surface area contributed by atoms with E-state index >= 15 is 0 Å². The molecule has 3 N–H and O–H groups in total. The van der Waals surface area contributed by atoms with Gasteiger partial charge in [-0.2, -0.15) is 0 Å². The first kappa shape index (κ1) is 22.8. The van der Waals surface area contributed by atoms with Gasteiger partial charge in [0.25, 0.3) is 5.91 Å². The Morgan fingerprint density at radius 1 is 1.04 bits per heavy atom. The van der Waals surface area contributed by atoms with Crippen LogP contribution in [0, 0.1) is 18.6 Å². The van der Waals surface area contributed by atoms with E-state index in [1.165, 1.54) is 18.2 Å². The third kappa shape index (κ3) is 7.49. The molecule has 0 radical (unpaired) electrons. The Morgan fingerprint density at radius 3 is 2.44 bits per heavy atom. The zero-order valence-corrected chi connectivity index (χ0v) is 17.5. The van der Waals surface area contributed by atoms with Crippen LogP contribution >= 0.6 is 24.0 Å². The minimum absolute atomic E-state index is 0. The molecular weight excluding hydrogens is 465 g/mol. The van der Waals surface area contributed by atoms with Gasteiger partial charge in [0.1, 0.15) is 11.6 Å². The van der Waals surface area contributed by atoms with Crippen LogP contribution in [-0.4, -0.2) is 32.0 Å². The lowest BCUT2D eigenvalue weighted by molar-refractivity contribution is 0.0954. The minimum atomic E-state index is -0.405. The Hall–Kier alpha value is -2.23. The first-order chi connectivity index (χ1) is 12.5. The molecule has 0 bridgehead atoms. The Balaban J connectivity index is 0.00000364. The van der Waals surface area contributed by atoms with E-state index in [2.05, 4.69) is 20.9 Å². The van der Waals surface area contributed by atoms with Crippen LogP contribution in [0.25, 0.3) is 0 Å². The van der Waals surface area contributed by atoms with E-state index in [0.29, 0.717) is 31.2 Å². The van der Waals surface area contributed by atoms with Gasteiger partial charge in [0.05, 0.1) is 0 Å². The summed E-state index contributed by atoms with van der Waals surface area (Å²) >= 11 is 0. The lowest BCUT2D eigenvalue weighted by Gasteiger charge is -2.12. The summed E-state index contributed by atoms with van der Waals surface area (Å²) in [6.45, 7) is 2.84. The number of benzene rings is 2. The third-order valence-electron chi connectivity index (χ3n) is 3.71. The molecule has 0 atom stereocenters. The predicted octanol–water partition coefficient (Wildman–Crippen LogP) is 2.99. The molecule has 0 fully saturated rings. The summed E-state index contributed by atoms with van der Waals surface area (Å²) in [5.74, 6) is -0.501. The molecule has 0 saturated carbocycles. The van der Waals surface area contributed by atoms with Crippen LogP contribution in [0.2, 0.25) is 0 Å². The Morgan fingerprint density at radius 2 is 1.78 bits per heavy atom. The number of halogens is 3. The zero-order valence-electron chi connectivity index (χ0n) is 15.2. The van der Waals surface area contributed by atoms with Crippen LogP contribution in [0.1, 0.15) is 21.5 Å². The number of nitrogens with zero attached hydrogens (tertiary/aromatic N) is 1. The number of amides is 1. The van der Waals surface area contributed by atoms with Gasteiger partial charge in [-0.25, -0.2) is 8.78 Å². The number of carbonyl (C=O) groups excluding carboxylic acids is 1. The standard InChI is InChI=1S/C19H22F2N4O.HI/c1-13-6-7-15(11-17(13)21)18(26)23-8-9-24-19(22-2)25-12-14-4-3-5-16(20)10-14;/h3-7,10-11H,8-9,12H2,1-2H3,(H,23,26)(H2,22,24,25);1H. The molecule has 2 rings (SSSR count). The first-order valence-electron chi connectivity index (χ1n) is 8.23. The molecule has 0 unspecified atom stereocenters. The van der Waals surface area contributed by atoms with Gasteiger partial charge in [0.2, 0.25) is 0 Å². The molecule has 0 aliphatic heterocycles. The van der Waals surface area contributed by atoms with Gasteiger partial charge < -0.3 is 16.0 Å². The predicted molar refractivity (Wildman–Crippen MR) is 113 cm³/mol. The fourth-order valence-electron chi connectivity index (χ4n) is 2.25. The maximum atomic E-state index is 13.5. The van der Waals surface area contributed by atoms with Crippen molar-refractivity contribution in [3.63, 3.8) is 0 Å². The van der Waals surface area contributed by atoms with Gasteiger partial charge >= 0.3 is 0 Å². The average molecular weight is 488 g/mol. The number of aryl methyl sites for hydroxylation is 1. The maximum Gasteiger partial charge on any atom is 0.251 e. The molecule has 5 nitrogen and oxygen atoms in total. The summed E-state index contributed by atoms with van der Waals surface area (Å²) in [6, 6.07) is 10.7. The first-order valence-corrected chi connectivity index (χ1v) is 8.23.